The van der Waals surface area contributed by atoms with E-state index in [1.807, 2.05) is 0 Å². The van der Waals surface area contributed by atoms with Gasteiger partial charge in [-0.2, -0.15) is 0 Å². The fourth-order valence-corrected chi connectivity index (χ4v) is 8.34. The Morgan fingerprint density at radius 3 is 1.13 bits per heavy atom. The summed E-state index contributed by atoms with van der Waals surface area (Å²) in [7, 11) is 0. The average Bonchev–Trinajstić information content (AvgIpc) is 3.45. The SMILES string of the molecule is C=CC(=O)OCCOC(=O)CCC(=O)OCc1ccc(OC(=O)C2CCC(C(=O)Oc3cc(C)c(OC(=O)C4CCC(C(=O)Oc5ccc(COC(=O)CCC(=O)OCCOC(=O)C=C)cc5F)CC4)c(C)c3C)CC2)c(F)c1. The van der Waals surface area contributed by atoms with E-state index < -0.39 is 95.0 Å². The molecule has 0 unspecified atom stereocenters. The number of halogens is 2. The minimum Gasteiger partial charge on any atom is -0.462 e. The van der Waals surface area contributed by atoms with Crippen molar-refractivity contribution in [3.63, 3.8) is 0 Å². The molecule has 0 aromatic heterocycles. The first kappa shape index (κ1) is 61.6. The lowest BCUT2D eigenvalue weighted by Gasteiger charge is -2.27. The predicted octanol–water partition coefficient (Wildman–Crippen LogP) is 7.72. The van der Waals surface area contributed by atoms with Gasteiger partial charge in [0.1, 0.15) is 51.1 Å². The summed E-state index contributed by atoms with van der Waals surface area (Å²) in [5.74, 6) is -10.7. The number of hydrogen-bond donors (Lipinski definition) is 0. The van der Waals surface area contributed by atoms with E-state index in [0.29, 0.717) is 48.1 Å². The van der Waals surface area contributed by atoms with Gasteiger partial charge in [0.15, 0.2) is 23.1 Å². The largest absolute Gasteiger partial charge is 0.462 e. The van der Waals surface area contributed by atoms with Crippen LogP contribution in [0.3, 0.4) is 0 Å². The molecule has 3 aromatic rings. The van der Waals surface area contributed by atoms with Crippen molar-refractivity contribution in [2.45, 2.75) is 111 Å². The molecule has 2 aliphatic rings. The molecule has 0 radical (unpaired) electrons. The van der Waals surface area contributed by atoms with Crippen LogP contribution < -0.4 is 18.9 Å². The maximum Gasteiger partial charge on any atom is 0.330 e. The quantitative estimate of drug-likeness (QED) is 0.0245. The van der Waals surface area contributed by atoms with Gasteiger partial charge in [-0.05, 0) is 130 Å². The van der Waals surface area contributed by atoms with Gasteiger partial charge in [-0.15, -0.1) is 0 Å². The molecular weight excluding hydrogens is 1040 g/mol. The lowest BCUT2D eigenvalue weighted by atomic mass is 9.82. The minimum absolute atomic E-state index is 0.171. The second-order valence-corrected chi connectivity index (χ2v) is 18.6. The van der Waals surface area contributed by atoms with Gasteiger partial charge >= 0.3 is 59.7 Å². The molecule has 0 aliphatic heterocycles. The molecule has 79 heavy (non-hydrogen) atoms. The third-order valence-corrected chi connectivity index (χ3v) is 13.0. The van der Waals surface area contributed by atoms with Crippen molar-refractivity contribution in [1.29, 1.82) is 0 Å². The number of esters is 10. The number of hydrogen-bond acceptors (Lipinski definition) is 20. The second-order valence-electron chi connectivity index (χ2n) is 18.6. The zero-order valence-electron chi connectivity index (χ0n) is 44.1. The molecule has 0 spiro atoms. The fraction of sp³-hybridized carbons (Fsp3) is 0.439. The van der Waals surface area contributed by atoms with E-state index in [1.54, 1.807) is 26.8 Å². The van der Waals surface area contributed by atoms with Gasteiger partial charge in [-0.3, -0.25) is 38.4 Å². The van der Waals surface area contributed by atoms with E-state index in [9.17, 15) is 56.7 Å². The van der Waals surface area contributed by atoms with Crippen molar-refractivity contribution in [2.75, 3.05) is 26.4 Å². The summed E-state index contributed by atoms with van der Waals surface area (Å²) in [6, 6.07) is 9.01. The number of aryl methyl sites for hydroxylation is 1. The molecular formula is C57H62F2O20. The highest BCUT2D eigenvalue weighted by atomic mass is 19.1. The third-order valence-electron chi connectivity index (χ3n) is 13.0. The number of rotatable bonds is 26. The molecule has 22 heteroatoms. The molecule has 5 rings (SSSR count). The van der Waals surface area contributed by atoms with E-state index in [2.05, 4.69) is 22.6 Å². The van der Waals surface area contributed by atoms with E-state index in [-0.39, 0.29) is 119 Å². The normalized spacial score (nSPS) is 16.6. The van der Waals surface area contributed by atoms with Crippen LogP contribution in [-0.2, 0) is 89.6 Å². The zero-order valence-corrected chi connectivity index (χ0v) is 44.1. The maximum absolute atomic E-state index is 15.0. The highest BCUT2D eigenvalue weighted by molar-refractivity contribution is 5.83. The van der Waals surface area contributed by atoms with Gasteiger partial charge in [0.2, 0.25) is 0 Å². The Kier molecular flexibility index (Phi) is 23.8. The summed E-state index contributed by atoms with van der Waals surface area (Å²) >= 11 is 0. The molecule has 3 aromatic carbocycles. The minimum atomic E-state index is -0.865. The summed E-state index contributed by atoms with van der Waals surface area (Å²) in [4.78, 5) is 123. The summed E-state index contributed by atoms with van der Waals surface area (Å²) in [6.07, 6.45) is 3.07. The lowest BCUT2D eigenvalue weighted by molar-refractivity contribution is -0.153. The first-order valence-corrected chi connectivity index (χ1v) is 25.5. The van der Waals surface area contributed by atoms with Crippen LogP contribution in [0.5, 0.6) is 23.0 Å². The van der Waals surface area contributed by atoms with Crippen molar-refractivity contribution in [1.82, 2.24) is 0 Å². The van der Waals surface area contributed by atoms with Crippen LogP contribution in [-0.4, -0.2) is 86.1 Å². The van der Waals surface area contributed by atoms with Gasteiger partial charge < -0.3 is 47.4 Å². The lowest BCUT2D eigenvalue weighted by Crippen LogP contribution is -2.31. The molecule has 0 saturated heterocycles. The Morgan fingerprint density at radius 1 is 0.443 bits per heavy atom. The summed E-state index contributed by atoms with van der Waals surface area (Å²) in [5.41, 5.74) is 2.20. The van der Waals surface area contributed by atoms with Gasteiger partial charge in [-0.1, -0.05) is 25.3 Å². The zero-order chi connectivity index (χ0) is 57.6. The Hall–Kier alpha value is -8.30. The molecule has 2 aliphatic carbocycles. The summed E-state index contributed by atoms with van der Waals surface area (Å²) in [6.45, 7) is 10.3. The Labute approximate surface area is 453 Å². The van der Waals surface area contributed by atoms with Crippen molar-refractivity contribution in [2.24, 2.45) is 23.7 Å². The van der Waals surface area contributed by atoms with Crippen LogP contribution in [0.1, 0.15) is 105 Å². The second kappa shape index (κ2) is 30.6. The Bertz CT molecular complexity index is 2770. The summed E-state index contributed by atoms with van der Waals surface area (Å²) < 4.78 is 81.7. The average molecular weight is 1110 g/mol. The molecule has 0 amide bonds. The predicted molar refractivity (Wildman–Crippen MR) is 269 cm³/mol. The van der Waals surface area contributed by atoms with Gasteiger partial charge in [-0.25, -0.2) is 18.4 Å². The molecule has 20 nitrogen and oxygen atoms in total. The van der Waals surface area contributed by atoms with Crippen LogP contribution in [0, 0.1) is 56.1 Å². The molecule has 2 fully saturated rings. The van der Waals surface area contributed by atoms with Crippen LogP contribution in [0.15, 0.2) is 67.8 Å². The number of benzene rings is 3. The molecule has 0 heterocycles. The highest BCUT2D eigenvalue weighted by Gasteiger charge is 2.35. The molecule has 0 bridgehead atoms. The first-order valence-electron chi connectivity index (χ1n) is 25.5. The van der Waals surface area contributed by atoms with Crippen LogP contribution in [0.2, 0.25) is 0 Å². The summed E-state index contributed by atoms with van der Waals surface area (Å²) in [5, 5.41) is 0. The molecule has 0 atom stereocenters. The van der Waals surface area contributed by atoms with E-state index >= 15 is 0 Å². The van der Waals surface area contributed by atoms with E-state index in [1.165, 1.54) is 24.3 Å². The van der Waals surface area contributed by atoms with Crippen molar-refractivity contribution in [3.8, 4) is 23.0 Å². The number of carbonyl (C=O) groups is 10. The molecule has 424 valence electrons. The number of carbonyl (C=O) groups excluding carboxylic acids is 10. The van der Waals surface area contributed by atoms with E-state index in [4.69, 9.17) is 37.9 Å². The fourth-order valence-electron chi connectivity index (χ4n) is 8.34. The first-order chi connectivity index (χ1) is 37.7. The Morgan fingerprint density at radius 2 is 0.772 bits per heavy atom. The van der Waals surface area contributed by atoms with Crippen LogP contribution in [0.25, 0.3) is 0 Å². The number of ether oxygens (including phenoxy) is 10. The maximum atomic E-state index is 15.0. The molecule has 2 saturated carbocycles. The Balaban J connectivity index is 0.991. The van der Waals surface area contributed by atoms with Gasteiger partial charge in [0, 0.05) is 12.2 Å². The van der Waals surface area contributed by atoms with E-state index in [0.717, 1.165) is 24.3 Å². The van der Waals surface area contributed by atoms with Gasteiger partial charge in [0.25, 0.3) is 0 Å². The van der Waals surface area contributed by atoms with Crippen molar-refractivity contribution < 1.29 is 104 Å². The van der Waals surface area contributed by atoms with Crippen LogP contribution >= 0.6 is 0 Å². The smallest absolute Gasteiger partial charge is 0.330 e. The van der Waals surface area contributed by atoms with Crippen molar-refractivity contribution in [3.05, 3.63) is 107 Å². The monoisotopic (exact) mass is 1100 g/mol. The highest BCUT2D eigenvalue weighted by Crippen LogP contribution is 2.38. The van der Waals surface area contributed by atoms with Crippen LogP contribution in [0.4, 0.5) is 8.78 Å². The van der Waals surface area contributed by atoms with Crippen molar-refractivity contribution >= 4 is 59.7 Å². The molecule has 0 N–H and O–H groups in total. The third kappa shape index (κ3) is 19.6. The standard InChI is InChI=1S/C57H62F2O20/c1-6-47(60)70-24-26-72-49(62)20-22-51(64)74-31-36-8-18-44(42(58)29-36)76-54(66)38-10-12-40(13-11-38)56(68)78-46-28-33(3)53(35(5)34(46)4)79-57(69)41-16-14-39(15-17-41)55(67)77-45-19-9-37(30-43(45)59)32-75-52(65)23-21-50(63)73-27-25-71-48(61)7-2/h6-9,18-19,28-30,38-41H,1-2,10-17,20-27,31-32H2,3-5H3. The van der Waals surface area contributed by atoms with Gasteiger partial charge in [0.05, 0.1) is 49.4 Å². The topological polar surface area (TPSA) is 263 Å².